The molecule has 5 aromatic rings. The number of carbonyl (C=O) groups is 4. The molecule has 0 aliphatic heterocycles. The molecule has 0 amide bonds. The Morgan fingerprint density at radius 3 is 1.02 bits per heavy atom. The third kappa shape index (κ3) is 17.8. The molecule has 0 saturated heterocycles. The van der Waals surface area contributed by atoms with Crippen LogP contribution in [0.5, 0.6) is 34.5 Å². The minimum atomic E-state index is -0.737. The first-order valence-electron chi connectivity index (χ1n) is 23.1. The van der Waals surface area contributed by atoms with E-state index in [1.807, 2.05) is 0 Å². The SMILES string of the molecule is CCCCCCCCCCOc1ccc(C(=O)Oc2ccc(C(=O)Oc3ccc(Cl)c(OC(=O)c4ccc(OC(=O)c5ccc(OCCCCCCCCCC)cc5)cc4)c3)cc2)cc1. The first kappa shape index (κ1) is 49.9. The summed E-state index contributed by atoms with van der Waals surface area (Å²) >= 11 is 6.32. The lowest BCUT2D eigenvalue weighted by Gasteiger charge is -2.10. The second kappa shape index (κ2) is 27.9. The van der Waals surface area contributed by atoms with Gasteiger partial charge in [-0.15, -0.1) is 0 Å². The van der Waals surface area contributed by atoms with Gasteiger partial charge in [-0.3, -0.25) is 0 Å². The van der Waals surface area contributed by atoms with Crippen LogP contribution in [0.3, 0.4) is 0 Å². The second-order valence-corrected chi connectivity index (χ2v) is 16.3. The Balaban J connectivity index is 1.02. The van der Waals surface area contributed by atoms with Gasteiger partial charge in [0.15, 0.2) is 5.75 Å². The Morgan fingerprint density at radius 2 is 0.646 bits per heavy atom. The van der Waals surface area contributed by atoms with E-state index < -0.39 is 23.9 Å². The maximum Gasteiger partial charge on any atom is 0.343 e. The molecule has 10 nitrogen and oxygen atoms in total. The maximum atomic E-state index is 13.0. The predicted molar refractivity (Wildman–Crippen MR) is 253 cm³/mol. The minimum absolute atomic E-state index is 0.0342. The van der Waals surface area contributed by atoms with Gasteiger partial charge in [0.1, 0.15) is 28.7 Å². The van der Waals surface area contributed by atoms with Crippen LogP contribution in [0.4, 0.5) is 0 Å². The zero-order valence-corrected chi connectivity index (χ0v) is 38.4. The summed E-state index contributed by atoms with van der Waals surface area (Å²) < 4.78 is 33.7. The molecule has 0 atom stereocenters. The molecule has 344 valence electrons. The lowest BCUT2D eigenvalue weighted by atomic mass is 10.1. The van der Waals surface area contributed by atoms with Gasteiger partial charge in [0, 0.05) is 6.07 Å². The van der Waals surface area contributed by atoms with Crippen molar-refractivity contribution < 1.29 is 47.6 Å². The second-order valence-electron chi connectivity index (χ2n) is 15.9. The summed E-state index contributed by atoms with van der Waals surface area (Å²) in [5.41, 5.74) is 1.07. The highest BCUT2D eigenvalue weighted by molar-refractivity contribution is 6.32. The smallest absolute Gasteiger partial charge is 0.343 e. The first-order chi connectivity index (χ1) is 31.7. The topological polar surface area (TPSA) is 124 Å². The van der Waals surface area contributed by atoms with Crippen molar-refractivity contribution in [2.75, 3.05) is 13.2 Å². The summed E-state index contributed by atoms with van der Waals surface area (Å²) in [7, 11) is 0. The molecule has 0 fully saturated rings. The van der Waals surface area contributed by atoms with E-state index in [1.54, 1.807) is 48.5 Å². The van der Waals surface area contributed by atoms with Gasteiger partial charge in [-0.25, -0.2) is 19.2 Å². The van der Waals surface area contributed by atoms with Crippen molar-refractivity contribution in [2.45, 2.75) is 117 Å². The van der Waals surface area contributed by atoms with Crippen LogP contribution in [-0.4, -0.2) is 37.1 Å². The molecule has 0 aromatic heterocycles. The summed E-state index contributed by atoms with van der Waals surface area (Å²) in [5.74, 6) is -0.639. The van der Waals surface area contributed by atoms with Gasteiger partial charge in [-0.05, 0) is 122 Å². The van der Waals surface area contributed by atoms with Crippen molar-refractivity contribution in [3.63, 3.8) is 0 Å². The van der Waals surface area contributed by atoms with E-state index in [9.17, 15) is 19.2 Å². The Hall–Kier alpha value is -6.13. The number of benzene rings is 5. The lowest BCUT2D eigenvalue weighted by Crippen LogP contribution is -2.11. The molecule has 0 unspecified atom stereocenters. The zero-order valence-electron chi connectivity index (χ0n) is 37.7. The minimum Gasteiger partial charge on any atom is -0.494 e. The van der Waals surface area contributed by atoms with Crippen molar-refractivity contribution in [3.8, 4) is 34.5 Å². The molecule has 0 saturated carbocycles. The van der Waals surface area contributed by atoms with Crippen LogP contribution < -0.4 is 28.4 Å². The van der Waals surface area contributed by atoms with Crippen molar-refractivity contribution in [1.82, 2.24) is 0 Å². The molecule has 0 N–H and O–H groups in total. The van der Waals surface area contributed by atoms with E-state index in [0.29, 0.717) is 35.8 Å². The number of rotatable bonds is 28. The molecule has 0 spiro atoms. The summed E-state index contributed by atoms with van der Waals surface area (Å²) in [6.07, 6.45) is 19.6. The fourth-order valence-corrected chi connectivity index (χ4v) is 6.98. The highest BCUT2D eigenvalue weighted by atomic mass is 35.5. The standard InChI is InChI=1S/C54H61ClO10/c1-3-5-7-9-11-13-15-17-37-60-44-27-19-40(20-28-44)51(56)62-46-31-23-42(24-32-46)53(58)64-48-35-36-49(55)50(39-48)65-54(59)43-25-33-47(34-26-43)63-52(57)41-21-29-45(30-22-41)61-38-18-16-14-12-10-8-6-4-2/h19-36,39H,3-18,37-38H2,1-2H3. The van der Waals surface area contributed by atoms with Gasteiger partial charge in [0.2, 0.25) is 0 Å². The Labute approximate surface area is 388 Å². The first-order valence-corrected chi connectivity index (χ1v) is 23.4. The van der Waals surface area contributed by atoms with Gasteiger partial charge < -0.3 is 28.4 Å². The van der Waals surface area contributed by atoms with Gasteiger partial charge in [0.05, 0.1) is 40.5 Å². The van der Waals surface area contributed by atoms with Crippen molar-refractivity contribution in [2.24, 2.45) is 0 Å². The van der Waals surface area contributed by atoms with Crippen molar-refractivity contribution in [1.29, 1.82) is 0 Å². The fraction of sp³-hybridized carbons (Fsp3) is 0.370. The van der Waals surface area contributed by atoms with E-state index in [-0.39, 0.29) is 39.1 Å². The number of carbonyl (C=O) groups excluding carboxylic acids is 4. The Kier molecular flexibility index (Phi) is 21.4. The molecule has 11 heteroatoms. The van der Waals surface area contributed by atoms with Crippen LogP contribution in [0.1, 0.15) is 158 Å². The summed E-state index contributed by atoms with van der Waals surface area (Å²) in [5, 5.41) is 0.112. The third-order valence-electron chi connectivity index (χ3n) is 10.6. The normalized spacial score (nSPS) is 10.8. The fourth-order valence-electron chi connectivity index (χ4n) is 6.83. The van der Waals surface area contributed by atoms with Crippen LogP contribution in [0.25, 0.3) is 0 Å². The van der Waals surface area contributed by atoms with Gasteiger partial charge in [-0.1, -0.05) is 115 Å². The molecule has 0 aliphatic rings. The van der Waals surface area contributed by atoms with E-state index in [2.05, 4.69) is 13.8 Å². The molecule has 65 heavy (non-hydrogen) atoms. The number of hydrogen-bond acceptors (Lipinski definition) is 10. The maximum absolute atomic E-state index is 13.0. The average Bonchev–Trinajstić information content (AvgIpc) is 3.32. The van der Waals surface area contributed by atoms with E-state index in [1.165, 1.54) is 144 Å². The summed E-state index contributed by atoms with van der Waals surface area (Å²) in [6, 6.07) is 29.6. The van der Waals surface area contributed by atoms with Crippen LogP contribution in [0.2, 0.25) is 5.02 Å². The molecule has 0 heterocycles. The summed E-state index contributed by atoms with van der Waals surface area (Å²) in [6.45, 7) is 5.71. The van der Waals surface area contributed by atoms with Crippen LogP contribution in [0.15, 0.2) is 115 Å². The Morgan fingerprint density at radius 1 is 0.354 bits per heavy atom. The highest BCUT2D eigenvalue weighted by Gasteiger charge is 2.17. The van der Waals surface area contributed by atoms with E-state index >= 15 is 0 Å². The highest BCUT2D eigenvalue weighted by Crippen LogP contribution is 2.31. The molecule has 5 rings (SSSR count). The monoisotopic (exact) mass is 904 g/mol. The van der Waals surface area contributed by atoms with Crippen LogP contribution in [-0.2, 0) is 0 Å². The van der Waals surface area contributed by atoms with Crippen molar-refractivity contribution in [3.05, 3.63) is 143 Å². The molecule has 0 radical (unpaired) electrons. The largest absolute Gasteiger partial charge is 0.494 e. The summed E-state index contributed by atoms with van der Waals surface area (Å²) in [4.78, 5) is 51.6. The number of esters is 4. The van der Waals surface area contributed by atoms with Gasteiger partial charge >= 0.3 is 23.9 Å². The lowest BCUT2D eigenvalue weighted by molar-refractivity contribution is 0.0723. The van der Waals surface area contributed by atoms with E-state index in [4.69, 9.17) is 40.0 Å². The van der Waals surface area contributed by atoms with Crippen LogP contribution >= 0.6 is 11.6 Å². The molecular weight excluding hydrogens is 844 g/mol. The van der Waals surface area contributed by atoms with Gasteiger partial charge in [-0.2, -0.15) is 0 Å². The molecule has 0 aliphatic carbocycles. The molecular formula is C54H61ClO10. The number of unbranched alkanes of at least 4 members (excludes halogenated alkanes) is 14. The van der Waals surface area contributed by atoms with Crippen LogP contribution in [0, 0.1) is 0 Å². The van der Waals surface area contributed by atoms with Crippen molar-refractivity contribution >= 4 is 35.5 Å². The zero-order chi connectivity index (χ0) is 46.1. The van der Waals surface area contributed by atoms with E-state index in [0.717, 1.165) is 25.7 Å². The number of hydrogen-bond donors (Lipinski definition) is 0. The molecule has 5 aromatic carbocycles. The average molecular weight is 906 g/mol. The Bertz CT molecular complexity index is 2220. The predicted octanol–water partition coefficient (Wildman–Crippen LogP) is 14.3. The number of halogens is 1. The number of ether oxygens (including phenoxy) is 6. The molecule has 0 bridgehead atoms. The third-order valence-corrected chi connectivity index (χ3v) is 10.9. The quantitative estimate of drug-likeness (QED) is 0.0272. The van der Waals surface area contributed by atoms with Gasteiger partial charge in [0.25, 0.3) is 0 Å².